The van der Waals surface area contributed by atoms with Gasteiger partial charge < -0.3 is 4.90 Å². The summed E-state index contributed by atoms with van der Waals surface area (Å²) in [6.45, 7) is 6.86. The van der Waals surface area contributed by atoms with Gasteiger partial charge in [-0.3, -0.25) is 9.59 Å². The Kier molecular flexibility index (Phi) is 6.10. The van der Waals surface area contributed by atoms with Gasteiger partial charge in [0.2, 0.25) is 5.91 Å². The summed E-state index contributed by atoms with van der Waals surface area (Å²) in [7, 11) is 0. The lowest BCUT2D eigenvalue weighted by atomic mass is 10.1. The van der Waals surface area contributed by atoms with E-state index in [2.05, 4.69) is 13.2 Å². The van der Waals surface area contributed by atoms with E-state index in [1.54, 1.807) is 29.2 Å². The van der Waals surface area contributed by atoms with E-state index in [4.69, 9.17) is 0 Å². The highest BCUT2D eigenvalue weighted by molar-refractivity contribution is 5.99. The van der Waals surface area contributed by atoms with Crippen molar-refractivity contribution >= 4 is 17.4 Å². The highest BCUT2D eigenvalue weighted by atomic mass is 16.2. The second-order valence-electron chi connectivity index (χ2n) is 6.85. The number of Topliss-reactive ketones (excluding diaryl/α,β-unsaturated/α-hetero) is 1. The lowest BCUT2D eigenvalue weighted by Gasteiger charge is -2.16. The van der Waals surface area contributed by atoms with Gasteiger partial charge in [-0.2, -0.15) is 0 Å². The van der Waals surface area contributed by atoms with E-state index in [1.807, 2.05) is 0 Å². The maximum Gasteiger partial charge on any atom is 0.337 e. The molecule has 0 spiro atoms. The second kappa shape index (κ2) is 8.73. The summed E-state index contributed by atoms with van der Waals surface area (Å²) in [5.74, 6) is -0.503. The molecule has 2 heterocycles. The number of allylic oxidation sites excluding steroid dienone is 2. The maximum absolute atomic E-state index is 12.9. The number of benzene rings is 1. The van der Waals surface area contributed by atoms with Gasteiger partial charge >= 0.3 is 17.1 Å². The average molecular weight is 410 g/mol. The molecule has 0 bridgehead atoms. The molecule has 1 aliphatic heterocycles. The van der Waals surface area contributed by atoms with Gasteiger partial charge in [0.1, 0.15) is 0 Å². The van der Waals surface area contributed by atoms with Crippen molar-refractivity contribution in [2.24, 2.45) is 0 Å². The van der Waals surface area contributed by atoms with E-state index < -0.39 is 29.4 Å². The summed E-state index contributed by atoms with van der Waals surface area (Å²) in [5.41, 5.74) is -1.71. The number of amides is 1. The quantitative estimate of drug-likeness (QED) is 0.467. The normalized spacial score (nSPS) is 13.5. The molecule has 3 rings (SSSR count). The van der Waals surface area contributed by atoms with Crippen LogP contribution in [0.5, 0.6) is 0 Å². The molecular formula is C21H22N4O5. The molecule has 1 amide bonds. The van der Waals surface area contributed by atoms with Crippen molar-refractivity contribution < 1.29 is 9.59 Å². The number of hydrogen-bond donors (Lipinski definition) is 0. The van der Waals surface area contributed by atoms with Gasteiger partial charge in [-0.05, 0) is 18.6 Å². The van der Waals surface area contributed by atoms with Gasteiger partial charge in [0, 0.05) is 24.2 Å². The summed E-state index contributed by atoms with van der Waals surface area (Å²) >= 11 is 0. The molecule has 1 fully saturated rings. The molecule has 1 aromatic heterocycles. The molecule has 1 saturated heterocycles. The SMILES string of the molecule is C=CCn1c(=O)n(CC=C)c(=O)n(CC(=O)c2cccc(N3CCCC3=O)c2)c1=O. The molecule has 0 N–H and O–H groups in total. The standard InChI is InChI=1S/C21H22N4O5/c1-3-10-23-19(28)24(11-4-2)21(30)25(20(23)29)14-17(26)15-7-5-8-16(13-15)22-12-6-9-18(22)27/h3-5,7-8,13H,1-2,6,9-12,14H2. The molecule has 0 unspecified atom stereocenters. The third-order valence-corrected chi connectivity index (χ3v) is 4.86. The van der Waals surface area contributed by atoms with Crippen LogP contribution in [0, 0.1) is 0 Å². The Hall–Kier alpha value is -3.75. The highest BCUT2D eigenvalue weighted by Gasteiger charge is 2.23. The molecule has 9 nitrogen and oxygen atoms in total. The van der Waals surface area contributed by atoms with Crippen LogP contribution in [0.4, 0.5) is 5.69 Å². The van der Waals surface area contributed by atoms with Gasteiger partial charge in [-0.15, -0.1) is 13.2 Å². The zero-order valence-corrected chi connectivity index (χ0v) is 16.5. The number of anilines is 1. The average Bonchev–Trinajstić information content (AvgIpc) is 3.17. The first-order chi connectivity index (χ1) is 14.4. The van der Waals surface area contributed by atoms with Crippen LogP contribution in [0.2, 0.25) is 0 Å². The van der Waals surface area contributed by atoms with E-state index >= 15 is 0 Å². The Morgan fingerprint density at radius 3 is 2.07 bits per heavy atom. The zero-order chi connectivity index (χ0) is 21.8. The fourth-order valence-corrected chi connectivity index (χ4v) is 3.39. The first-order valence-corrected chi connectivity index (χ1v) is 9.49. The van der Waals surface area contributed by atoms with E-state index in [1.165, 1.54) is 12.2 Å². The highest BCUT2D eigenvalue weighted by Crippen LogP contribution is 2.22. The summed E-state index contributed by atoms with van der Waals surface area (Å²) in [6, 6.07) is 6.50. The summed E-state index contributed by atoms with van der Waals surface area (Å²) in [5, 5.41) is 0. The molecule has 0 aliphatic carbocycles. The smallest absolute Gasteiger partial charge is 0.312 e. The Labute approximate surface area is 171 Å². The molecular weight excluding hydrogens is 388 g/mol. The number of carbonyl (C=O) groups is 2. The van der Waals surface area contributed by atoms with Crippen molar-refractivity contribution in [3.63, 3.8) is 0 Å². The van der Waals surface area contributed by atoms with Crippen molar-refractivity contribution in [1.29, 1.82) is 0 Å². The van der Waals surface area contributed by atoms with Crippen LogP contribution in [0.3, 0.4) is 0 Å². The van der Waals surface area contributed by atoms with Gasteiger partial charge in [0.05, 0.1) is 19.6 Å². The topological polar surface area (TPSA) is 103 Å². The van der Waals surface area contributed by atoms with E-state index in [0.29, 0.717) is 18.7 Å². The van der Waals surface area contributed by atoms with Crippen molar-refractivity contribution in [2.75, 3.05) is 11.4 Å². The number of hydrogen-bond acceptors (Lipinski definition) is 5. The molecule has 2 aromatic rings. The molecule has 1 aromatic carbocycles. The zero-order valence-electron chi connectivity index (χ0n) is 16.5. The fourth-order valence-electron chi connectivity index (χ4n) is 3.39. The van der Waals surface area contributed by atoms with E-state index in [-0.39, 0.29) is 24.6 Å². The van der Waals surface area contributed by atoms with Crippen LogP contribution in [0.1, 0.15) is 23.2 Å². The Morgan fingerprint density at radius 1 is 0.933 bits per heavy atom. The summed E-state index contributed by atoms with van der Waals surface area (Å²) in [4.78, 5) is 64.2. The van der Waals surface area contributed by atoms with Crippen molar-refractivity contribution in [2.45, 2.75) is 32.5 Å². The van der Waals surface area contributed by atoms with Crippen LogP contribution in [0.15, 0.2) is 64.0 Å². The first kappa shape index (κ1) is 21.0. The maximum atomic E-state index is 12.9. The lowest BCUT2D eigenvalue weighted by molar-refractivity contribution is -0.117. The number of aromatic nitrogens is 3. The second-order valence-corrected chi connectivity index (χ2v) is 6.85. The summed E-state index contributed by atoms with van der Waals surface area (Å²) in [6.07, 6.45) is 3.92. The first-order valence-electron chi connectivity index (χ1n) is 9.49. The van der Waals surface area contributed by atoms with Crippen LogP contribution in [-0.2, 0) is 24.4 Å². The predicted octanol–water partition coefficient (Wildman–Crippen LogP) is 0.553. The third kappa shape index (κ3) is 3.86. The monoisotopic (exact) mass is 410 g/mol. The van der Waals surface area contributed by atoms with Gasteiger partial charge in [-0.1, -0.05) is 24.3 Å². The number of carbonyl (C=O) groups excluding carboxylic acids is 2. The van der Waals surface area contributed by atoms with Crippen LogP contribution < -0.4 is 22.0 Å². The largest absolute Gasteiger partial charge is 0.337 e. The van der Waals surface area contributed by atoms with Crippen molar-refractivity contribution in [3.8, 4) is 0 Å². The van der Waals surface area contributed by atoms with Crippen LogP contribution in [0.25, 0.3) is 0 Å². The van der Waals surface area contributed by atoms with Gasteiger partial charge in [-0.25, -0.2) is 28.1 Å². The van der Waals surface area contributed by atoms with Gasteiger partial charge in [0.25, 0.3) is 0 Å². The molecule has 0 atom stereocenters. The van der Waals surface area contributed by atoms with E-state index in [0.717, 1.165) is 20.1 Å². The van der Waals surface area contributed by atoms with Crippen molar-refractivity contribution in [3.05, 3.63) is 86.6 Å². The number of rotatable bonds is 8. The molecule has 30 heavy (non-hydrogen) atoms. The van der Waals surface area contributed by atoms with E-state index in [9.17, 15) is 24.0 Å². The van der Waals surface area contributed by atoms with Gasteiger partial charge in [0.15, 0.2) is 5.78 Å². The lowest BCUT2D eigenvalue weighted by Crippen LogP contribution is -2.55. The number of nitrogens with zero attached hydrogens (tertiary/aromatic N) is 4. The Bertz CT molecular complexity index is 1150. The minimum atomic E-state index is -0.885. The Morgan fingerprint density at radius 2 is 1.53 bits per heavy atom. The minimum Gasteiger partial charge on any atom is -0.312 e. The number of ketones is 1. The molecule has 0 saturated carbocycles. The summed E-state index contributed by atoms with van der Waals surface area (Å²) < 4.78 is 2.40. The molecule has 1 aliphatic rings. The predicted molar refractivity (Wildman–Crippen MR) is 112 cm³/mol. The van der Waals surface area contributed by atoms with Crippen LogP contribution in [-0.4, -0.2) is 31.9 Å². The molecule has 9 heteroatoms. The third-order valence-electron chi connectivity index (χ3n) is 4.86. The molecule has 0 radical (unpaired) electrons. The van der Waals surface area contributed by atoms with Crippen LogP contribution >= 0.6 is 0 Å². The Balaban J connectivity index is 2.01. The molecule has 156 valence electrons. The fraction of sp³-hybridized carbons (Fsp3) is 0.286. The van der Waals surface area contributed by atoms with Crippen molar-refractivity contribution in [1.82, 2.24) is 13.7 Å². The minimum absolute atomic E-state index is 0.0142.